The highest BCUT2D eigenvalue weighted by Crippen LogP contribution is 2.27. The van der Waals surface area contributed by atoms with Gasteiger partial charge in [-0.1, -0.05) is 30.3 Å². The van der Waals surface area contributed by atoms with Crippen LogP contribution < -0.4 is 14.8 Å². The summed E-state index contributed by atoms with van der Waals surface area (Å²) in [5.74, 6) is 0.0990. The number of rotatable bonds is 8. The van der Waals surface area contributed by atoms with E-state index in [0.29, 0.717) is 24.4 Å². The van der Waals surface area contributed by atoms with Crippen molar-refractivity contribution in [2.75, 3.05) is 19.0 Å². The third kappa shape index (κ3) is 5.58. The van der Waals surface area contributed by atoms with Crippen LogP contribution in [-0.4, -0.2) is 28.0 Å². The van der Waals surface area contributed by atoms with Gasteiger partial charge in [-0.25, -0.2) is 13.1 Å². The van der Waals surface area contributed by atoms with Gasteiger partial charge in [-0.3, -0.25) is 4.79 Å². The van der Waals surface area contributed by atoms with Crippen LogP contribution >= 0.6 is 0 Å². The van der Waals surface area contributed by atoms with E-state index in [4.69, 9.17) is 4.74 Å². The molecule has 0 atom stereocenters. The fourth-order valence-corrected chi connectivity index (χ4v) is 3.47. The summed E-state index contributed by atoms with van der Waals surface area (Å²) >= 11 is 0. The van der Waals surface area contributed by atoms with Crippen LogP contribution in [0.1, 0.15) is 18.9 Å². The Balaban J connectivity index is 2.02. The fraction of sp³-hybridized carbons (Fsp3) is 0.278. The maximum atomic E-state index is 12.4. The molecule has 0 spiro atoms. The van der Waals surface area contributed by atoms with Crippen LogP contribution in [0.25, 0.3) is 0 Å². The molecule has 0 heterocycles. The standard InChI is InChI=1S/C18H22N2O4S/c1-14(21)20-17-13-16(10-11-18(17)24-2)25(22,23)19-12-6-9-15-7-4-3-5-8-15/h3-5,7-8,10-11,13,19H,6,9,12H2,1-2H3,(H,20,21). The smallest absolute Gasteiger partial charge is 0.240 e. The lowest BCUT2D eigenvalue weighted by Gasteiger charge is -2.12. The van der Waals surface area contributed by atoms with Crippen LogP contribution in [0.3, 0.4) is 0 Å². The Morgan fingerprint density at radius 3 is 2.48 bits per heavy atom. The molecule has 0 saturated heterocycles. The average Bonchev–Trinajstić information content (AvgIpc) is 2.59. The van der Waals surface area contributed by atoms with Crippen molar-refractivity contribution in [1.82, 2.24) is 4.72 Å². The minimum absolute atomic E-state index is 0.0803. The topological polar surface area (TPSA) is 84.5 Å². The van der Waals surface area contributed by atoms with E-state index in [0.717, 1.165) is 6.42 Å². The van der Waals surface area contributed by atoms with E-state index in [-0.39, 0.29) is 10.8 Å². The first-order chi connectivity index (χ1) is 11.9. The highest BCUT2D eigenvalue weighted by atomic mass is 32.2. The monoisotopic (exact) mass is 362 g/mol. The van der Waals surface area contributed by atoms with Crippen LogP contribution in [-0.2, 0) is 21.2 Å². The lowest BCUT2D eigenvalue weighted by molar-refractivity contribution is -0.114. The van der Waals surface area contributed by atoms with E-state index in [9.17, 15) is 13.2 Å². The molecule has 6 nitrogen and oxygen atoms in total. The molecule has 0 aliphatic carbocycles. The molecule has 0 aromatic heterocycles. The summed E-state index contributed by atoms with van der Waals surface area (Å²) < 4.78 is 32.5. The lowest BCUT2D eigenvalue weighted by atomic mass is 10.1. The Hall–Kier alpha value is -2.38. The predicted molar refractivity (Wildman–Crippen MR) is 97.2 cm³/mol. The van der Waals surface area contributed by atoms with Crippen LogP contribution in [0.15, 0.2) is 53.4 Å². The first kappa shape index (κ1) is 19.0. The molecule has 2 N–H and O–H groups in total. The molecule has 2 aromatic carbocycles. The molecule has 0 fully saturated rings. The van der Waals surface area contributed by atoms with Crippen molar-refractivity contribution < 1.29 is 17.9 Å². The van der Waals surface area contributed by atoms with Crippen molar-refractivity contribution in [3.63, 3.8) is 0 Å². The molecular weight excluding hydrogens is 340 g/mol. The number of nitrogens with one attached hydrogen (secondary N) is 2. The normalized spacial score (nSPS) is 11.1. The van der Waals surface area contributed by atoms with Crippen molar-refractivity contribution in [2.24, 2.45) is 0 Å². The second kappa shape index (κ2) is 8.64. The van der Waals surface area contributed by atoms with Gasteiger partial charge in [0.2, 0.25) is 15.9 Å². The molecule has 0 aliphatic rings. The second-order valence-corrected chi connectivity index (χ2v) is 7.30. The largest absolute Gasteiger partial charge is 0.495 e. The zero-order valence-electron chi connectivity index (χ0n) is 14.3. The van der Waals surface area contributed by atoms with Gasteiger partial charge < -0.3 is 10.1 Å². The van der Waals surface area contributed by atoms with E-state index in [1.807, 2.05) is 30.3 Å². The molecule has 25 heavy (non-hydrogen) atoms. The van der Waals surface area contributed by atoms with Gasteiger partial charge in [0.1, 0.15) is 5.75 Å². The summed E-state index contributed by atoms with van der Waals surface area (Å²) in [5, 5.41) is 2.57. The third-order valence-corrected chi connectivity index (χ3v) is 5.03. The van der Waals surface area contributed by atoms with Crippen molar-refractivity contribution >= 4 is 21.6 Å². The number of benzene rings is 2. The Labute approximate surface area is 148 Å². The Kier molecular flexibility index (Phi) is 6.55. The minimum Gasteiger partial charge on any atom is -0.495 e. The first-order valence-corrected chi connectivity index (χ1v) is 9.40. The number of amides is 1. The quantitative estimate of drug-likeness (QED) is 0.707. The van der Waals surface area contributed by atoms with Gasteiger partial charge in [-0.15, -0.1) is 0 Å². The van der Waals surface area contributed by atoms with E-state index in [2.05, 4.69) is 10.0 Å². The van der Waals surface area contributed by atoms with Gasteiger partial charge >= 0.3 is 0 Å². The van der Waals surface area contributed by atoms with Crippen molar-refractivity contribution in [3.8, 4) is 5.75 Å². The Bertz CT molecular complexity index is 820. The number of hydrogen-bond acceptors (Lipinski definition) is 4. The number of carbonyl (C=O) groups excluding carboxylic acids is 1. The van der Waals surface area contributed by atoms with E-state index in [1.54, 1.807) is 0 Å². The van der Waals surface area contributed by atoms with Gasteiger partial charge in [-0.2, -0.15) is 0 Å². The molecule has 134 valence electrons. The number of aryl methyl sites for hydroxylation is 1. The SMILES string of the molecule is COc1ccc(S(=O)(=O)NCCCc2ccccc2)cc1NC(C)=O. The molecule has 1 amide bonds. The summed E-state index contributed by atoms with van der Waals surface area (Å²) in [6.07, 6.45) is 1.49. The number of carbonyl (C=O) groups is 1. The molecule has 0 saturated carbocycles. The van der Waals surface area contributed by atoms with Gasteiger partial charge in [-0.05, 0) is 36.6 Å². The predicted octanol–water partition coefficient (Wildman–Crippen LogP) is 2.56. The van der Waals surface area contributed by atoms with Crippen LogP contribution in [0.2, 0.25) is 0 Å². The van der Waals surface area contributed by atoms with Gasteiger partial charge in [0.25, 0.3) is 0 Å². The minimum atomic E-state index is -3.65. The Morgan fingerprint density at radius 1 is 1.12 bits per heavy atom. The summed E-state index contributed by atoms with van der Waals surface area (Å²) in [6, 6.07) is 14.2. The van der Waals surface area contributed by atoms with Crippen molar-refractivity contribution in [1.29, 1.82) is 0 Å². The second-order valence-electron chi connectivity index (χ2n) is 5.53. The number of anilines is 1. The van der Waals surface area contributed by atoms with Gasteiger partial charge in [0.05, 0.1) is 17.7 Å². The Morgan fingerprint density at radius 2 is 1.84 bits per heavy atom. The van der Waals surface area contributed by atoms with Crippen LogP contribution in [0, 0.1) is 0 Å². The molecule has 2 aromatic rings. The van der Waals surface area contributed by atoms with E-state index < -0.39 is 10.0 Å². The van der Waals surface area contributed by atoms with Gasteiger partial charge in [0, 0.05) is 13.5 Å². The first-order valence-electron chi connectivity index (χ1n) is 7.91. The molecular formula is C18H22N2O4S. The zero-order valence-corrected chi connectivity index (χ0v) is 15.1. The highest BCUT2D eigenvalue weighted by molar-refractivity contribution is 7.89. The van der Waals surface area contributed by atoms with E-state index >= 15 is 0 Å². The summed E-state index contributed by atoms with van der Waals surface area (Å²) in [4.78, 5) is 11.3. The average molecular weight is 362 g/mol. The van der Waals surface area contributed by atoms with Crippen molar-refractivity contribution in [3.05, 3.63) is 54.1 Å². The maximum absolute atomic E-state index is 12.4. The summed E-state index contributed by atoms with van der Waals surface area (Å²) in [6.45, 7) is 1.68. The highest BCUT2D eigenvalue weighted by Gasteiger charge is 2.16. The molecule has 0 unspecified atom stereocenters. The molecule has 0 bridgehead atoms. The number of sulfonamides is 1. The number of ether oxygens (including phenoxy) is 1. The molecule has 2 rings (SSSR count). The summed E-state index contributed by atoms with van der Waals surface area (Å²) in [5.41, 5.74) is 1.49. The fourth-order valence-electron chi connectivity index (χ4n) is 2.37. The zero-order chi connectivity index (χ0) is 18.3. The number of methoxy groups -OCH3 is 1. The lowest BCUT2D eigenvalue weighted by Crippen LogP contribution is -2.25. The van der Waals surface area contributed by atoms with E-state index in [1.165, 1.54) is 37.8 Å². The molecule has 0 radical (unpaired) electrons. The van der Waals surface area contributed by atoms with Crippen LogP contribution in [0.5, 0.6) is 5.75 Å². The summed E-state index contributed by atoms with van der Waals surface area (Å²) in [7, 11) is -2.20. The number of hydrogen-bond donors (Lipinski definition) is 2. The molecule has 7 heteroatoms. The van der Waals surface area contributed by atoms with Gasteiger partial charge in [0.15, 0.2) is 0 Å². The maximum Gasteiger partial charge on any atom is 0.240 e. The van der Waals surface area contributed by atoms with Crippen LogP contribution in [0.4, 0.5) is 5.69 Å². The molecule has 0 aliphatic heterocycles. The third-order valence-electron chi connectivity index (χ3n) is 3.57. The van der Waals surface area contributed by atoms with Crippen molar-refractivity contribution in [2.45, 2.75) is 24.7 Å².